The monoisotopic (exact) mass is 177 g/mol. The second-order valence-electron chi connectivity index (χ2n) is 2.29. The van der Waals surface area contributed by atoms with E-state index in [1.165, 1.54) is 6.08 Å². The van der Waals surface area contributed by atoms with E-state index in [0.717, 1.165) is 13.1 Å². The average Bonchev–Trinajstić information content (AvgIpc) is 1.85. The van der Waals surface area contributed by atoms with E-state index in [4.69, 9.17) is 0 Å². The maximum Gasteiger partial charge on any atom is 0.432 e. The number of halogens is 3. The van der Waals surface area contributed by atoms with E-state index in [9.17, 15) is 13.2 Å². The maximum absolute atomic E-state index is 12.0. The van der Waals surface area contributed by atoms with Crippen LogP contribution in [0.5, 0.6) is 0 Å². The number of allylic oxidation sites excluding steroid dienone is 3. The lowest BCUT2D eigenvalue weighted by atomic mass is 10.2. The average molecular weight is 177 g/mol. The summed E-state index contributed by atoms with van der Waals surface area (Å²) in [6.45, 7) is 5.05. The standard InChI is InChI=1S/C8H10F3N/c1-6(2)4-5-7(12-3)8(9,10)11/h4-5H,1H2,2-3H3/b5-4-,12-7+. The predicted octanol–water partition coefficient (Wildman–Crippen LogP) is 2.75. The Labute approximate surface area is 69.3 Å². The van der Waals surface area contributed by atoms with Crippen LogP contribution in [0.15, 0.2) is 29.3 Å². The first-order chi connectivity index (χ1) is 5.38. The van der Waals surface area contributed by atoms with Crippen LogP contribution in [0.4, 0.5) is 13.2 Å². The van der Waals surface area contributed by atoms with Crippen LogP contribution in [0.2, 0.25) is 0 Å². The van der Waals surface area contributed by atoms with Crippen LogP contribution in [0, 0.1) is 0 Å². The zero-order chi connectivity index (χ0) is 9.78. The fourth-order valence-corrected chi connectivity index (χ4v) is 0.517. The normalized spacial score (nSPS) is 13.9. The number of alkyl halides is 3. The molecule has 0 fully saturated rings. The third kappa shape index (κ3) is 3.95. The molecule has 0 aromatic rings. The Morgan fingerprint density at radius 3 is 2.08 bits per heavy atom. The molecule has 0 unspecified atom stereocenters. The molecule has 0 aliphatic heterocycles. The lowest BCUT2D eigenvalue weighted by Gasteiger charge is -2.04. The fraction of sp³-hybridized carbons (Fsp3) is 0.375. The fourth-order valence-electron chi connectivity index (χ4n) is 0.517. The van der Waals surface area contributed by atoms with Gasteiger partial charge >= 0.3 is 6.18 Å². The molecule has 68 valence electrons. The Bertz CT molecular complexity index is 223. The minimum atomic E-state index is -4.37. The number of hydrogen-bond acceptors (Lipinski definition) is 1. The molecule has 0 aliphatic carbocycles. The number of hydrogen-bond donors (Lipinski definition) is 0. The molecule has 4 heteroatoms. The molecular weight excluding hydrogens is 167 g/mol. The molecule has 1 nitrogen and oxygen atoms in total. The summed E-state index contributed by atoms with van der Waals surface area (Å²) in [5.41, 5.74) is -0.342. The Kier molecular flexibility index (Phi) is 3.73. The first-order valence-corrected chi connectivity index (χ1v) is 3.25. The van der Waals surface area contributed by atoms with E-state index < -0.39 is 11.9 Å². The van der Waals surface area contributed by atoms with Crippen LogP contribution >= 0.6 is 0 Å². The van der Waals surface area contributed by atoms with E-state index in [1.807, 2.05) is 0 Å². The van der Waals surface area contributed by atoms with Gasteiger partial charge in [0.05, 0.1) is 0 Å². The van der Waals surface area contributed by atoms with Crippen molar-refractivity contribution >= 4 is 5.71 Å². The van der Waals surface area contributed by atoms with Crippen molar-refractivity contribution < 1.29 is 13.2 Å². The van der Waals surface area contributed by atoms with Crippen LogP contribution in [-0.2, 0) is 0 Å². The van der Waals surface area contributed by atoms with Gasteiger partial charge in [0.15, 0.2) is 0 Å². The molecule has 0 aromatic heterocycles. The molecule has 0 amide bonds. The number of rotatable bonds is 2. The minimum absolute atomic E-state index is 0.556. The Morgan fingerprint density at radius 2 is 1.83 bits per heavy atom. The molecule has 0 spiro atoms. The van der Waals surface area contributed by atoms with Crippen LogP contribution in [-0.4, -0.2) is 18.9 Å². The first kappa shape index (κ1) is 10.9. The molecule has 0 aliphatic rings. The summed E-state index contributed by atoms with van der Waals surface area (Å²) in [7, 11) is 1.10. The highest BCUT2D eigenvalue weighted by Crippen LogP contribution is 2.18. The van der Waals surface area contributed by atoms with Crippen molar-refractivity contribution in [1.82, 2.24) is 0 Å². The van der Waals surface area contributed by atoms with Gasteiger partial charge in [0.25, 0.3) is 0 Å². The van der Waals surface area contributed by atoms with Crippen LogP contribution in [0.3, 0.4) is 0 Å². The molecule has 0 saturated heterocycles. The Balaban J connectivity index is 4.53. The number of nitrogens with zero attached hydrogens (tertiary/aromatic N) is 1. The quantitative estimate of drug-likeness (QED) is 0.454. The Hall–Kier alpha value is -1.06. The van der Waals surface area contributed by atoms with Gasteiger partial charge in [-0.3, -0.25) is 4.99 Å². The van der Waals surface area contributed by atoms with Crippen LogP contribution in [0.1, 0.15) is 6.92 Å². The maximum atomic E-state index is 12.0. The summed E-state index contributed by atoms with van der Waals surface area (Å²) in [6, 6.07) is 0. The van der Waals surface area contributed by atoms with E-state index in [-0.39, 0.29) is 0 Å². The van der Waals surface area contributed by atoms with Gasteiger partial charge in [-0.25, -0.2) is 0 Å². The SMILES string of the molecule is C=C(C)/C=C\C(=N/C)C(F)(F)F. The summed E-state index contributed by atoms with van der Waals surface area (Å²) >= 11 is 0. The van der Waals surface area contributed by atoms with Crippen molar-refractivity contribution in [2.24, 2.45) is 4.99 Å². The third-order valence-electron chi connectivity index (χ3n) is 1.06. The van der Waals surface area contributed by atoms with Crippen molar-refractivity contribution in [3.05, 3.63) is 24.3 Å². The zero-order valence-corrected chi connectivity index (χ0v) is 6.94. The Morgan fingerprint density at radius 1 is 1.33 bits per heavy atom. The van der Waals surface area contributed by atoms with Gasteiger partial charge in [0.1, 0.15) is 5.71 Å². The van der Waals surface area contributed by atoms with E-state index in [0.29, 0.717) is 5.57 Å². The molecule has 0 saturated carbocycles. The van der Waals surface area contributed by atoms with Crippen molar-refractivity contribution in [3.63, 3.8) is 0 Å². The van der Waals surface area contributed by atoms with Crippen molar-refractivity contribution in [3.8, 4) is 0 Å². The first-order valence-electron chi connectivity index (χ1n) is 3.25. The minimum Gasteiger partial charge on any atom is -0.284 e. The predicted molar refractivity (Wildman–Crippen MR) is 43.4 cm³/mol. The van der Waals surface area contributed by atoms with Gasteiger partial charge in [0.2, 0.25) is 0 Å². The zero-order valence-electron chi connectivity index (χ0n) is 6.94. The van der Waals surface area contributed by atoms with Gasteiger partial charge in [-0.15, -0.1) is 0 Å². The summed E-state index contributed by atoms with van der Waals surface area (Å²) in [6.07, 6.45) is -2.20. The highest BCUT2D eigenvalue weighted by Gasteiger charge is 2.32. The highest BCUT2D eigenvalue weighted by atomic mass is 19.4. The molecule has 0 heterocycles. The molecule has 0 atom stereocenters. The van der Waals surface area contributed by atoms with Gasteiger partial charge in [-0.05, 0) is 13.0 Å². The second-order valence-corrected chi connectivity index (χ2v) is 2.29. The third-order valence-corrected chi connectivity index (χ3v) is 1.06. The topological polar surface area (TPSA) is 12.4 Å². The van der Waals surface area contributed by atoms with Crippen LogP contribution < -0.4 is 0 Å². The van der Waals surface area contributed by atoms with Crippen molar-refractivity contribution in [2.75, 3.05) is 7.05 Å². The van der Waals surface area contributed by atoms with E-state index in [2.05, 4.69) is 11.6 Å². The summed E-state index contributed by atoms with van der Waals surface area (Å²) in [4.78, 5) is 3.10. The lowest BCUT2D eigenvalue weighted by Crippen LogP contribution is -2.20. The van der Waals surface area contributed by atoms with Gasteiger partial charge < -0.3 is 0 Å². The molecular formula is C8H10F3N. The summed E-state index contributed by atoms with van der Waals surface area (Å²) in [5.74, 6) is 0. The molecule has 12 heavy (non-hydrogen) atoms. The molecule has 0 rings (SSSR count). The molecule has 0 N–H and O–H groups in total. The highest BCUT2D eigenvalue weighted by molar-refractivity contribution is 5.99. The van der Waals surface area contributed by atoms with Gasteiger partial charge in [-0.1, -0.05) is 18.2 Å². The summed E-state index contributed by atoms with van der Waals surface area (Å²) < 4.78 is 35.9. The smallest absolute Gasteiger partial charge is 0.284 e. The second kappa shape index (κ2) is 4.09. The lowest BCUT2D eigenvalue weighted by molar-refractivity contribution is -0.0577. The van der Waals surface area contributed by atoms with Gasteiger partial charge in [0, 0.05) is 7.05 Å². The molecule has 0 radical (unpaired) electrons. The van der Waals surface area contributed by atoms with Crippen molar-refractivity contribution in [2.45, 2.75) is 13.1 Å². The summed E-state index contributed by atoms with van der Waals surface area (Å²) in [5, 5.41) is 0. The molecule has 0 aromatic carbocycles. The largest absolute Gasteiger partial charge is 0.432 e. The van der Waals surface area contributed by atoms with E-state index >= 15 is 0 Å². The van der Waals surface area contributed by atoms with Crippen molar-refractivity contribution in [1.29, 1.82) is 0 Å². The number of aliphatic imine (C=N–C) groups is 1. The molecule has 0 bridgehead atoms. The van der Waals surface area contributed by atoms with E-state index in [1.54, 1.807) is 6.92 Å². The van der Waals surface area contributed by atoms with Gasteiger partial charge in [-0.2, -0.15) is 13.2 Å². The van der Waals surface area contributed by atoms with Crippen LogP contribution in [0.25, 0.3) is 0 Å².